The molecule has 1 saturated heterocycles. The minimum atomic E-state index is 0.117. The van der Waals surface area contributed by atoms with Crippen LogP contribution in [0.15, 0.2) is 36.7 Å². The molecule has 0 saturated carbocycles. The van der Waals surface area contributed by atoms with E-state index in [1.165, 1.54) is 5.56 Å². The number of piperazine rings is 1. The average Bonchev–Trinajstić information content (AvgIpc) is 3.14. The first-order chi connectivity index (χ1) is 14.7. The zero-order chi connectivity index (χ0) is 20.5. The van der Waals surface area contributed by atoms with E-state index in [4.69, 9.17) is 16.1 Å². The van der Waals surface area contributed by atoms with E-state index in [1.807, 2.05) is 0 Å². The van der Waals surface area contributed by atoms with Crippen LogP contribution in [0.25, 0.3) is 11.0 Å². The predicted octanol–water partition coefficient (Wildman–Crippen LogP) is 2.42. The number of nitrogens with one attached hydrogen (secondary N) is 1. The highest BCUT2D eigenvalue weighted by Gasteiger charge is 2.28. The first kappa shape index (κ1) is 19.1. The number of aromatic nitrogens is 3. The maximum atomic E-state index is 8.12. The molecule has 0 radical (unpaired) electrons. The van der Waals surface area contributed by atoms with Crippen molar-refractivity contribution in [3.63, 3.8) is 0 Å². The third-order valence-electron chi connectivity index (χ3n) is 6.47. The van der Waals surface area contributed by atoms with Crippen molar-refractivity contribution in [1.82, 2.24) is 19.4 Å². The Morgan fingerprint density at radius 3 is 2.57 bits per heavy atom. The molecule has 0 unspecified atom stereocenters. The Hall–Kier alpha value is -2.93. The first-order valence-electron chi connectivity index (χ1n) is 10.9. The topological polar surface area (TPSA) is 87.1 Å². The van der Waals surface area contributed by atoms with Gasteiger partial charge >= 0.3 is 0 Å². The van der Waals surface area contributed by atoms with Gasteiger partial charge < -0.3 is 15.2 Å². The van der Waals surface area contributed by atoms with E-state index in [0.717, 1.165) is 93.1 Å². The summed E-state index contributed by atoms with van der Waals surface area (Å²) in [6, 6.07) is 10.7. The third-order valence-corrected chi connectivity index (χ3v) is 6.47. The summed E-state index contributed by atoms with van der Waals surface area (Å²) >= 11 is 0. The van der Waals surface area contributed by atoms with Crippen molar-refractivity contribution in [2.45, 2.75) is 32.2 Å². The molecule has 5 rings (SSSR count). The molecule has 0 atom stereocenters. The van der Waals surface area contributed by atoms with Crippen LogP contribution in [0.4, 0.5) is 5.82 Å². The normalized spacial score (nSPS) is 17.3. The average molecular weight is 404 g/mol. The number of amidine groups is 1. The lowest BCUT2D eigenvalue weighted by molar-refractivity contribution is 0.260. The summed E-state index contributed by atoms with van der Waals surface area (Å²) in [6.07, 6.45) is 5.97. The number of rotatable bonds is 5. The summed E-state index contributed by atoms with van der Waals surface area (Å²) in [5.41, 5.74) is 11.2. The van der Waals surface area contributed by atoms with Crippen LogP contribution in [-0.2, 0) is 19.4 Å². The zero-order valence-corrected chi connectivity index (χ0v) is 17.3. The van der Waals surface area contributed by atoms with Crippen LogP contribution in [0, 0.1) is 5.41 Å². The summed E-state index contributed by atoms with van der Waals surface area (Å²) < 4.78 is 2.33. The number of aryl methyl sites for hydroxylation is 1. The number of nitrogen functional groups attached to an aromatic ring is 1. The van der Waals surface area contributed by atoms with Crippen LogP contribution in [-0.4, -0.2) is 58.0 Å². The SMILES string of the molecule is N=C(N)c1c2n(c3c(N4CCN(CCc5ccccc5)CC4)ncnc13)CCCC2. The van der Waals surface area contributed by atoms with E-state index in [9.17, 15) is 0 Å². The van der Waals surface area contributed by atoms with Gasteiger partial charge in [0, 0.05) is 45.0 Å². The number of hydrogen-bond donors (Lipinski definition) is 2. The summed E-state index contributed by atoms with van der Waals surface area (Å²) in [6.45, 7) is 6.02. The standard InChI is InChI=1S/C23H29N7/c24-22(25)19-18-8-4-5-10-30(18)21-20(19)26-16-27-23(21)29-14-12-28(13-15-29)11-9-17-6-2-1-3-7-17/h1-3,6-7,16H,4-5,8-15H2,(H3,24,25). The Morgan fingerprint density at radius 2 is 1.80 bits per heavy atom. The molecule has 1 fully saturated rings. The molecule has 156 valence electrons. The predicted molar refractivity (Wildman–Crippen MR) is 120 cm³/mol. The summed E-state index contributed by atoms with van der Waals surface area (Å²) in [7, 11) is 0. The second-order valence-electron chi connectivity index (χ2n) is 8.30. The van der Waals surface area contributed by atoms with E-state index in [1.54, 1.807) is 6.33 Å². The minimum absolute atomic E-state index is 0.117. The van der Waals surface area contributed by atoms with E-state index >= 15 is 0 Å². The Labute approximate surface area is 177 Å². The molecule has 2 aromatic heterocycles. The van der Waals surface area contributed by atoms with Crippen LogP contribution in [0.3, 0.4) is 0 Å². The number of benzene rings is 1. The van der Waals surface area contributed by atoms with Gasteiger partial charge in [-0.3, -0.25) is 10.3 Å². The van der Waals surface area contributed by atoms with Crippen molar-refractivity contribution >= 4 is 22.7 Å². The maximum absolute atomic E-state index is 8.12. The lowest BCUT2D eigenvalue weighted by Gasteiger charge is -2.35. The van der Waals surface area contributed by atoms with Crippen LogP contribution in [0.2, 0.25) is 0 Å². The Balaban J connectivity index is 1.37. The number of hydrogen-bond acceptors (Lipinski definition) is 5. The molecule has 0 amide bonds. The van der Waals surface area contributed by atoms with Gasteiger partial charge in [-0.1, -0.05) is 30.3 Å². The molecule has 0 spiro atoms. The molecule has 0 bridgehead atoms. The van der Waals surface area contributed by atoms with E-state index in [2.05, 4.69) is 49.7 Å². The molecule has 30 heavy (non-hydrogen) atoms. The Bertz CT molecular complexity index is 1050. The molecule has 2 aliphatic rings. The highest BCUT2D eigenvalue weighted by Crippen LogP contribution is 2.34. The molecule has 0 aliphatic carbocycles. The van der Waals surface area contributed by atoms with Crippen molar-refractivity contribution in [1.29, 1.82) is 5.41 Å². The van der Waals surface area contributed by atoms with E-state index in [-0.39, 0.29) is 5.84 Å². The fourth-order valence-electron chi connectivity index (χ4n) is 4.91. The van der Waals surface area contributed by atoms with Gasteiger partial charge in [-0.05, 0) is 31.2 Å². The van der Waals surface area contributed by atoms with Gasteiger partial charge in [-0.2, -0.15) is 0 Å². The first-order valence-corrected chi connectivity index (χ1v) is 10.9. The smallest absolute Gasteiger partial charge is 0.156 e. The number of anilines is 1. The van der Waals surface area contributed by atoms with Gasteiger partial charge in [-0.15, -0.1) is 0 Å². The van der Waals surface area contributed by atoms with Crippen LogP contribution in [0.5, 0.6) is 0 Å². The Kier molecular flexibility index (Phi) is 5.12. The van der Waals surface area contributed by atoms with Gasteiger partial charge in [0.2, 0.25) is 0 Å². The zero-order valence-electron chi connectivity index (χ0n) is 17.3. The van der Waals surface area contributed by atoms with Gasteiger partial charge in [0.15, 0.2) is 5.82 Å². The fourth-order valence-corrected chi connectivity index (χ4v) is 4.91. The molecule has 7 nitrogen and oxygen atoms in total. The van der Waals surface area contributed by atoms with Gasteiger partial charge in [0.25, 0.3) is 0 Å². The second kappa shape index (κ2) is 8.07. The van der Waals surface area contributed by atoms with E-state index < -0.39 is 0 Å². The molecule has 3 N–H and O–H groups in total. The van der Waals surface area contributed by atoms with Crippen molar-refractivity contribution in [3.05, 3.63) is 53.5 Å². The number of nitrogens with zero attached hydrogens (tertiary/aromatic N) is 5. The van der Waals surface area contributed by atoms with Crippen LogP contribution < -0.4 is 10.6 Å². The molecular formula is C23H29N7. The molecule has 1 aromatic carbocycles. The monoisotopic (exact) mass is 403 g/mol. The molecular weight excluding hydrogens is 374 g/mol. The molecule has 3 aromatic rings. The summed E-state index contributed by atoms with van der Waals surface area (Å²) in [5.74, 6) is 1.12. The van der Waals surface area contributed by atoms with Crippen molar-refractivity contribution in [3.8, 4) is 0 Å². The third kappa shape index (κ3) is 3.43. The van der Waals surface area contributed by atoms with Crippen molar-refractivity contribution in [2.75, 3.05) is 37.6 Å². The molecule has 7 heteroatoms. The van der Waals surface area contributed by atoms with Crippen LogP contribution in [0.1, 0.15) is 29.7 Å². The van der Waals surface area contributed by atoms with Gasteiger partial charge in [0.05, 0.1) is 5.56 Å². The number of nitrogens with two attached hydrogens (primary N) is 1. The lowest BCUT2D eigenvalue weighted by atomic mass is 10.1. The van der Waals surface area contributed by atoms with E-state index in [0.29, 0.717) is 0 Å². The summed E-state index contributed by atoms with van der Waals surface area (Å²) in [5, 5.41) is 8.12. The summed E-state index contributed by atoms with van der Waals surface area (Å²) in [4.78, 5) is 14.2. The maximum Gasteiger partial charge on any atom is 0.156 e. The fraction of sp³-hybridized carbons (Fsp3) is 0.435. The molecule has 4 heterocycles. The second-order valence-corrected chi connectivity index (χ2v) is 8.30. The van der Waals surface area contributed by atoms with Gasteiger partial charge in [-0.25, -0.2) is 9.97 Å². The largest absolute Gasteiger partial charge is 0.384 e. The number of fused-ring (bicyclic) bond motifs is 3. The Morgan fingerprint density at radius 1 is 1.00 bits per heavy atom. The highest BCUT2D eigenvalue weighted by molar-refractivity contribution is 6.09. The lowest BCUT2D eigenvalue weighted by Crippen LogP contribution is -2.47. The van der Waals surface area contributed by atoms with Crippen LogP contribution >= 0.6 is 0 Å². The molecule has 2 aliphatic heterocycles. The highest BCUT2D eigenvalue weighted by atomic mass is 15.3. The minimum Gasteiger partial charge on any atom is -0.384 e. The van der Waals surface area contributed by atoms with Crippen molar-refractivity contribution < 1.29 is 0 Å². The van der Waals surface area contributed by atoms with Gasteiger partial charge in [0.1, 0.15) is 23.2 Å². The quantitative estimate of drug-likeness (QED) is 0.505. The van der Waals surface area contributed by atoms with Crippen molar-refractivity contribution in [2.24, 2.45) is 5.73 Å².